The van der Waals surface area contributed by atoms with Gasteiger partial charge in [-0.15, -0.1) is 0 Å². The third kappa shape index (κ3) is 2.76. The van der Waals surface area contributed by atoms with Crippen molar-refractivity contribution in [3.8, 4) is 11.5 Å². The standard InChI is InChI=1S/C16H14BrFO3/c1-9-6-10(2-3-13(9)18)15(19)11-7-12(17)16-14(8-11)20-4-5-21-16/h2-3,6-8,15,19H,4-5H2,1H3. The van der Waals surface area contributed by atoms with Gasteiger partial charge in [0.25, 0.3) is 0 Å². The average Bonchev–Trinajstić information content (AvgIpc) is 2.49. The molecule has 0 fully saturated rings. The molecule has 0 radical (unpaired) electrons. The van der Waals surface area contributed by atoms with Crippen molar-refractivity contribution in [1.29, 1.82) is 0 Å². The molecule has 110 valence electrons. The molecular weight excluding hydrogens is 339 g/mol. The second-order valence-corrected chi connectivity index (χ2v) is 5.79. The Morgan fingerprint density at radius 3 is 2.67 bits per heavy atom. The molecule has 2 aromatic carbocycles. The van der Waals surface area contributed by atoms with Crippen LogP contribution in [0.3, 0.4) is 0 Å². The van der Waals surface area contributed by atoms with Gasteiger partial charge >= 0.3 is 0 Å². The van der Waals surface area contributed by atoms with E-state index < -0.39 is 6.10 Å². The summed E-state index contributed by atoms with van der Waals surface area (Å²) < 4.78 is 25.1. The smallest absolute Gasteiger partial charge is 0.175 e. The zero-order chi connectivity index (χ0) is 15.0. The van der Waals surface area contributed by atoms with E-state index in [4.69, 9.17) is 9.47 Å². The molecule has 0 bridgehead atoms. The minimum Gasteiger partial charge on any atom is -0.486 e. The van der Waals surface area contributed by atoms with Gasteiger partial charge in [-0.3, -0.25) is 0 Å². The van der Waals surface area contributed by atoms with Gasteiger partial charge in [0.1, 0.15) is 25.1 Å². The number of rotatable bonds is 2. The van der Waals surface area contributed by atoms with E-state index in [1.807, 2.05) is 0 Å². The largest absolute Gasteiger partial charge is 0.486 e. The molecule has 3 nitrogen and oxygen atoms in total. The van der Waals surface area contributed by atoms with Crippen molar-refractivity contribution in [3.05, 3.63) is 57.3 Å². The van der Waals surface area contributed by atoms with Crippen molar-refractivity contribution in [2.24, 2.45) is 0 Å². The van der Waals surface area contributed by atoms with Gasteiger partial charge in [-0.1, -0.05) is 12.1 Å². The molecule has 0 aromatic heterocycles. The molecule has 0 amide bonds. The fourth-order valence-corrected chi connectivity index (χ4v) is 2.89. The van der Waals surface area contributed by atoms with Crippen LogP contribution in [0.25, 0.3) is 0 Å². The number of hydrogen-bond acceptors (Lipinski definition) is 3. The lowest BCUT2D eigenvalue weighted by Crippen LogP contribution is -2.16. The highest BCUT2D eigenvalue weighted by Gasteiger charge is 2.20. The fraction of sp³-hybridized carbons (Fsp3) is 0.250. The van der Waals surface area contributed by atoms with Crippen molar-refractivity contribution >= 4 is 15.9 Å². The van der Waals surface area contributed by atoms with Gasteiger partial charge in [-0.2, -0.15) is 0 Å². The predicted molar refractivity (Wildman–Crippen MR) is 80.3 cm³/mol. The molecule has 5 heteroatoms. The molecule has 21 heavy (non-hydrogen) atoms. The molecule has 2 aromatic rings. The summed E-state index contributed by atoms with van der Waals surface area (Å²) >= 11 is 3.42. The Labute approximate surface area is 130 Å². The Hall–Kier alpha value is -1.59. The van der Waals surface area contributed by atoms with E-state index in [-0.39, 0.29) is 5.82 Å². The highest BCUT2D eigenvalue weighted by Crippen LogP contribution is 2.40. The van der Waals surface area contributed by atoms with Crippen molar-refractivity contribution in [2.45, 2.75) is 13.0 Å². The first-order valence-corrected chi connectivity index (χ1v) is 7.38. The zero-order valence-corrected chi connectivity index (χ0v) is 13.0. The molecule has 1 heterocycles. The predicted octanol–water partition coefficient (Wildman–Crippen LogP) is 3.75. The van der Waals surface area contributed by atoms with E-state index in [0.29, 0.717) is 41.4 Å². The number of benzene rings is 2. The monoisotopic (exact) mass is 352 g/mol. The average molecular weight is 353 g/mol. The molecule has 3 rings (SSSR count). The van der Waals surface area contributed by atoms with E-state index in [9.17, 15) is 9.50 Å². The quantitative estimate of drug-likeness (QED) is 0.894. The molecular formula is C16H14BrFO3. The Morgan fingerprint density at radius 2 is 1.90 bits per heavy atom. The molecule has 0 spiro atoms. The lowest BCUT2D eigenvalue weighted by Gasteiger charge is -2.22. The van der Waals surface area contributed by atoms with Crippen molar-refractivity contribution in [1.82, 2.24) is 0 Å². The van der Waals surface area contributed by atoms with Crippen LogP contribution in [0, 0.1) is 12.7 Å². The number of fused-ring (bicyclic) bond motifs is 1. The summed E-state index contributed by atoms with van der Waals surface area (Å²) in [5, 5.41) is 10.5. The Bertz CT molecular complexity index is 687. The van der Waals surface area contributed by atoms with Crippen molar-refractivity contribution < 1.29 is 19.0 Å². The summed E-state index contributed by atoms with van der Waals surface area (Å²) in [5.41, 5.74) is 1.80. The van der Waals surface area contributed by atoms with Crippen LogP contribution in [0.1, 0.15) is 22.8 Å². The van der Waals surface area contributed by atoms with Gasteiger partial charge in [-0.05, 0) is 57.7 Å². The molecule has 1 aliphatic heterocycles. The maximum absolute atomic E-state index is 13.3. The van der Waals surface area contributed by atoms with E-state index in [1.54, 1.807) is 31.2 Å². The number of aryl methyl sites for hydroxylation is 1. The van der Waals surface area contributed by atoms with Crippen LogP contribution in [-0.2, 0) is 0 Å². The van der Waals surface area contributed by atoms with E-state index in [0.717, 1.165) is 4.47 Å². The fourth-order valence-electron chi connectivity index (χ4n) is 2.32. The topological polar surface area (TPSA) is 38.7 Å². The van der Waals surface area contributed by atoms with Crippen LogP contribution in [0.15, 0.2) is 34.8 Å². The van der Waals surface area contributed by atoms with Crippen molar-refractivity contribution in [3.63, 3.8) is 0 Å². The van der Waals surface area contributed by atoms with Crippen LogP contribution in [0.4, 0.5) is 4.39 Å². The molecule has 1 N–H and O–H groups in total. The van der Waals surface area contributed by atoms with Crippen LogP contribution >= 0.6 is 15.9 Å². The number of aliphatic hydroxyl groups excluding tert-OH is 1. The minimum absolute atomic E-state index is 0.283. The SMILES string of the molecule is Cc1cc(C(O)c2cc(Br)c3c(c2)OCCO3)ccc1F. The number of ether oxygens (including phenoxy) is 2. The van der Waals surface area contributed by atoms with Gasteiger partial charge in [-0.25, -0.2) is 4.39 Å². The molecule has 0 saturated carbocycles. The molecule has 1 aliphatic rings. The van der Waals surface area contributed by atoms with Crippen LogP contribution < -0.4 is 9.47 Å². The third-order valence-electron chi connectivity index (χ3n) is 3.43. The highest BCUT2D eigenvalue weighted by molar-refractivity contribution is 9.10. The van der Waals surface area contributed by atoms with E-state index >= 15 is 0 Å². The second kappa shape index (κ2) is 5.66. The maximum Gasteiger partial charge on any atom is 0.175 e. The summed E-state index contributed by atoms with van der Waals surface area (Å²) in [6.45, 7) is 2.66. The molecule has 1 atom stereocenters. The number of hydrogen-bond donors (Lipinski definition) is 1. The highest BCUT2D eigenvalue weighted by atomic mass is 79.9. The van der Waals surface area contributed by atoms with E-state index in [2.05, 4.69) is 15.9 Å². The maximum atomic E-state index is 13.3. The minimum atomic E-state index is -0.851. The van der Waals surface area contributed by atoms with Gasteiger partial charge in [0, 0.05) is 0 Å². The van der Waals surface area contributed by atoms with Gasteiger partial charge in [0.05, 0.1) is 4.47 Å². The van der Waals surface area contributed by atoms with Gasteiger partial charge in [0.2, 0.25) is 0 Å². The summed E-state index contributed by atoms with van der Waals surface area (Å²) in [4.78, 5) is 0. The second-order valence-electron chi connectivity index (χ2n) is 4.94. The number of aliphatic hydroxyl groups is 1. The lowest BCUT2D eigenvalue weighted by atomic mass is 9.99. The third-order valence-corrected chi connectivity index (χ3v) is 4.02. The Morgan fingerprint density at radius 1 is 1.14 bits per heavy atom. The molecule has 1 unspecified atom stereocenters. The first kappa shape index (κ1) is 14.4. The molecule has 0 saturated heterocycles. The number of halogens is 2. The summed E-state index contributed by atoms with van der Waals surface area (Å²) in [6.07, 6.45) is -0.851. The lowest BCUT2D eigenvalue weighted by molar-refractivity contribution is 0.168. The first-order valence-electron chi connectivity index (χ1n) is 6.59. The van der Waals surface area contributed by atoms with E-state index in [1.165, 1.54) is 6.07 Å². The first-order chi connectivity index (χ1) is 10.1. The Kier molecular flexibility index (Phi) is 3.87. The van der Waals surface area contributed by atoms with Gasteiger partial charge in [0.15, 0.2) is 11.5 Å². The van der Waals surface area contributed by atoms with Gasteiger partial charge < -0.3 is 14.6 Å². The summed E-state index contributed by atoms with van der Waals surface area (Å²) in [6, 6.07) is 8.13. The van der Waals surface area contributed by atoms with Crippen molar-refractivity contribution in [2.75, 3.05) is 13.2 Å². The normalized spacial score (nSPS) is 14.9. The zero-order valence-electron chi connectivity index (χ0n) is 11.4. The molecule has 0 aliphatic carbocycles. The van der Waals surface area contributed by atoms with Crippen LogP contribution in [0.5, 0.6) is 11.5 Å². The summed E-state index contributed by atoms with van der Waals surface area (Å²) in [5.74, 6) is 0.963. The Balaban J connectivity index is 1.99. The van der Waals surface area contributed by atoms with Crippen LogP contribution in [-0.4, -0.2) is 18.3 Å². The summed E-state index contributed by atoms with van der Waals surface area (Å²) in [7, 11) is 0. The van der Waals surface area contributed by atoms with Crippen LogP contribution in [0.2, 0.25) is 0 Å².